The number of nitrogens with zero attached hydrogens (tertiary/aromatic N) is 3. The summed E-state index contributed by atoms with van der Waals surface area (Å²) in [6.45, 7) is -0.0334. The number of ether oxygens (including phenoxy) is 1. The van der Waals surface area contributed by atoms with Crippen LogP contribution in [0.15, 0.2) is 35.5 Å². The second-order valence-electron chi connectivity index (χ2n) is 4.17. The maximum Gasteiger partial charge on any atom is 0.339 e. The predicted octanol–water partition coefficient (Wildman–Crippen LogP) is 0.0802. The van der Waals surface area contributed by atoms with Gasteiger partial charge in [-0.3, -0.25) is 0 Å². The molecule has 0 unspecified atom stereocenters. The fraction of sp³-hybridized carbons (Fsp3) is 0.250. The summed E-state index contributed by atoms with van der Waals surface area (Å²) in [6.07, 6.45) is 1.46. The molecule has 1 N–H and O–H groups in total. The molecule has 112 valence electrons. The van der Waals surface area contributed by atoms with E-state index in [2.05, 4.69) is 19.7 Å². The molecule has 0 fully saturated rings. The van der Waals surface area contributed by atoms with Crippen molar-refractivity contribution >= 4 is 16.0 Å². The summed E-state index contributed by atoms with van der Waals surface area (Å²) in [5.41, 5.74) is -0.0227. The van der Waals surface area contributed by atoms with Crippen molar-refractivity contribution in [3.8, 4) is 0 Å². The highest BCUT2D eigenvalue weighted by atomic mass is 32.2. The third-order valence-corrected chi connectivity index (χ3v) is 4.27. The Balaban J connectivity index is 2.28. The zero-order valence-electron chi connectivity index (χ0n) is 11.5. The number of esters is 1. The maximum atomic E-state index is 12.3. The van der Waals surface area contributed by atoms with Crippen LogP contribution in [0.5, 0.6) is 0 Å². The standard InChI is InChI=1S/C12H14N4O4S/c1-16-8-13-15-11(16)7-14-21(18,19)10-6-4-3-5-9(10)12(17)20-2/h3-6,8,14H,7H2,1-2H3. The van der Waals surface area contributed by atoms with Crippen molar-refractivity contribution < 1.29 is 17.9 Å². The number of rotatable bonds is 5. The fourth-order valence-electron chi connectivity index (χ4n) is 1.68. The number of methoxy groups -OCH3 is 1. The molecule has 0 amide bonds. The van der Waals surface area contributed by atoms with E-state index >= 15 is 0 Å². The fourth-order valence-corrected chi connectivity index (χ4v) is 2.86. The minimum atomic E-state index is -3.87. The molecule has 2 aromatic rings. The summed E-state index contributed by atoms with van der Waals surface area (Å²) in [5, 5.41) is 7.44. The van der Waals surface area contributed by atoms with Gasteiger partial charge >= 0.3 is 5.97 Å². The number of nitrogens with one attached hydrogen (secondary N) is 1. The number of carbonyl (C=O) groups excluding carboxylic acids is 1. The molecule has 0 aliphatic carbocycles. The minimum absolute atomic E-state index is 0.0227. The van der Waals surface area contributed by atoms with Gasteiger partial charge in [0.05, 0.1) is 24.1 Å². The Morgan fingerprint density at radius 3 is 2.71 bits per heavy atom. The van der Waals surface area contributed by atoms with Gasteiger partial charge in [0.15, 0.2) is 0 Å². The Bertz CT molecular complexity index is 754. The Hall–Kier alpha value is -2.26. The quantitative estimate of drug-likeness (QED) is 0.785. The van der Waals surface area contributed by atoms with Crippen molar-refractivity contribution in [1.82, 2.24) is 19.5 Å². The van der Waals surface area contributed by atoms with Gasteiger partial charge in [-0.15, -0.1) is 10.2 Å². The van der Waals surface area contributed by atoms with Gasteiger partial charge in [0.2, 0.25) is 10.0 Å². The molecule has 0 radical (unpaired) electrons. The van der Waals surface area contributed by atoms with E-state index in [1.807, 2.05) is 0 Å². The van der Waals surface area contributed by atoms with E-state index in [9.17, 15) is 13.2 Å². The monoisotopic (exact) mass is 310 g/mol. The van der Waals surface area contributed by atoms with Gasteiger partial charge in [0.1, 0.15) is 12.2 Å². The second kappa shape index (κ2) is 6.02. The lowest BCUT2D eigenvalue weighted by molar-refractivity contribution is 0.0596. The largest absolute Gasteiger partial charge is 0.465 e. The van der Waals surface area contributed by atoms with E-state index in [0.717, 1.165) is 0 Å². The summed E-state index contributed by atoms with van der Waals surface area (Å²) >= 11 is 0. The van der Waals surface area contributed by atoms with Crippen molar-refractivity contribution in [3.05, 3.63) is 42.0 Å². The summed E-state index contributed by atoms with van der Waals surface area (Å²) in [6, 6.07) is 5.82. The average molecular weight is 310 g/mol. The highest BCUT2D eigenvalue weighted by Crippen LogP contribution is 2.16. The first-order valence-corrected chi connectivity index (χ1v) is 7.44. The molecular formula is C12H14N4O4S. The van der Waals surface area contributed by atoms with E-state index in [0.29, 0.717) is 5.82 Å². The molecule has 21 heavy (non-hydrogen) atoms. The number of aryl methyl sites for hydroxylation is 1. The van der Waals surface area contributed by atoms with Crippen LogP contribution < -0.4 is 4.72 Å². The lowest BCUT2D eigenvalue weighted by atomic mass is 10.2. The number of sulfonamides is 1. The molecule has 8 nitrogen and oxygen atoms in total. The number of carbonyl (C=O) groups is 1. The second-order valence-corrected chi connectivity index (χ2v) is 5.91. The van der Waals surface area contributed by atoms with Crippen LogP contribution in [0.2, 0.25) is 0 Å². The maximum absolute atomic E-state index is 12.3. The van der Waals surface area contributed by atoms with Gasteiger partial charge < -0.3 is 9.30 Å². The summed E-state index contributed by atoms with van der Waals surface area (Å²) in [5.74, 6) is -0.260. The molecule has 0 atom stereocenters. The first kappa shape index (κ1) is 15.1. The summed E-state index contributed by atoms with van der Waals surface area (Å²) in [7, 11) is -0.977. The topological polar surface area (TPSA) is 103 Å². The van der Waals surface area contributed by atoms with Crippen LogP contribution in [-0.4, -0.2) is 36.3 Å². The zero-order valence-corrected chi connectivity index (χ0v) is 12.3. The molecule has 0 aliphatic rings. The molecule has 2 rings (SSSR count). The van der Waals surface area contributed by atoms with E-state index in [4.69, 9.17) is 0 Å². The molecule has 0 bridgehead atoms. The number of aromatic nitrogens is 3. The first-order chi connectivity index (χ1) is 9.95. The zero-order chi connectivity index (χ0) is 15.5. The summed E-state index contributed by atoms with van der Waals surface area (Å²) < 4.78 is 33.2. The van der Waals surface area contributed by atoms with Gasteiger partial charge in [-0.05, 0) is 12.1 Å². The van der Waals surface area contributed by atoms with Crippen molar-refractivity contribution in [2.24, 2.45) is 7.05 Å². The van der Waals surface area contributed by atoms with Crippen molar-refractivity contribution in [2.75, 3.05) is 7.11 Å². The van der Waals surface area contributed by atoms with Crippen LogP contribution in [0, 0.1) is 0 Å². The molecule has 9 heteroatoms. The molecule has 0 saturated carbocycles. The molecule has 0 saturated heterocycles. The Morgan fingerprint density at radius 2 is 2.10 bits per heavy atom. The van der Waals surface area contributed by atoms with Gasteiger partial charge in [-0.1, -0.05) is 12.1 Å². The normalized spacial score (nSPS) is 11.3. The van der Waals surface area contributed by atoms with Gasteiger partial charge in [0, 0.05) is 7.05 Å². The van der Waals surface area contributed by atoms with Crippen LogP contribution in [0.1, 0.15) is 16.2 Å². The van der Waals surface area contributed by atoms with Crippen molar-refractivity contribution in [2.45, 2.75) is 11.4 Å². The number of hydrogen-bond donors (Lipinski definition) is 1. The average Bonchev–Trinajstić information content (AvgIpc) is 2.90. The van der Waals surface area contributed by atoms with E-state index in [-0.39, 0.29) is 17.0 Å². The lowest BCUT2D eigenvalue weighted by Gasteiger charge is -2.09. The van der Waals surface area contributed by atoms with Crippen molar-refractivity contribution in [3.63, 3.8) is 0 Å². The molecule has 1 heterocycles. The Labute approximate surface area is 121 Å². The minimum Gasteiger partial charge on any atom is -0.465 e. The van der Waals surface area contributed by atoms with E-state index in [1.54, 1.807) is 17.7 Å². The Kier molecular flexibility index (Phi) is 4.34. The SMILES string of the molecule is COC(=O)c1ccccc1S(=O)(=O)NCc1nncn1C. The van der Waals surface area contributed by atoms with Gasteiger partial charge in [0.25, 0.3) is 0 Å². The van der Waals surface area contributed by atoms with Crippen LogP contribution in [-0.2, 0) is 28.4 Å². The molecule has 1 aromatic carbocycles. The third-order valence-electron chi connectivity index (χ3n) is 2.81. The van der Waals surface area contributed by atoms with Gasteiger partial charge in [-0.2, -0.15) is 0 Å². The number of benzene rings is 1. The first-order valence-electron chi connectivity index (χ1n) is 5.95. The summed E-state index contributed by atoms with van der Waals surface area (Å²) in [4.78, 5) is 11.5. The number of hydrogen-bond acceptors (Lipinski definition) is 6. The smallest absolute Gasteiger partial charge is 0.339 e. The molecular weight excluding hydrogens is 296 g/mol. The highest BCUT2D eigenvalue weighted by Gasteiger charge is 2.22. The highest BCUT2D eigenvalue weighted by molar-refractivity contribution is 7.89. The predicted molar refractivity (Wildman–Crippen MR) is 72.8 cm³/mol. The van der Waals surface area contributed by atoms with Crippen LogP contribution in [0.25, 0.3) is 0 Å². The molecule has 1 aromatic heterocycles. The van der Waals surface area contributed by atoms with Crippen LogP contribution in [0.4, 0.5) is 0 Å². The van der Waals surface area contributed by atoms with E-state index < -0.39 is 16.0 Å². The Morgan fingerprint density at radius 1 is 1.38 bits per heavy atom. The third kappa shape index (κ3) is 3.26. The molecule has 0 aliphatic heterocycles. The van der Waals surface area contributed by atoms with Gasteiger partial charge in [-0.25, -0.2) is 17.9 Å². The van der Waals surface area contributed by atoms with E-state index in [1.165, 1.54) is 31.6 Å². The van der Waals surface area contributed by atoms with Crippen LogP contribution >= 0.6 is 0 Å². The van der Waals surface area contributed by atoms with Crippen LogP contribution in [0.3, 0.4) is 0 Å². The molecule has 0 spiro atoms. The lowest BCUT2D eigenvalue weighted by Crippen LogP contribution is -2.26. The van der Waals surface area contributed by atoms with Crippen molar-refractivity contribution in [1.29, 1.82) is 0 Å².